The van der Waals surface area contributed by atoms with Crippen molar-refractivity contribution in [2.75, 3.05) is 0 Å². The summed E-state index contributed by atoms with van der Waals surface area (Å²) in [6.45, 7) is 0.430. The highest BCUT2D eigenvalue weighted by Gasteiger charge is 2.13. The molecule has 0 spiro atoms. The number of rotatable bonds is 3. The highest BCUT2D eigenvalue weighted by atomic mass is 16.5. The molecule has 4 aromatic rings. The Labute approximate surface area is 125 Å². The molecule has 4 rings (SSSR count). The lowest BCUT2D eigenvalue weighted by Crippen LogP contribution is -1.99. The molecule has 0 atom stereocenters. The van der Waals surface area contributed by atoms with E-state index >= 15 is 0 Å². The molecular formula is C18H12O4. The minimum absolute atomic E-state index is 0.396. The van der Waals surface area contributed by atoms with Gasteiger partial charge in [-0.2, -0.15) is 0 Å². The Hall–Kier alpha value is -3.01. The second-order valence-electron chi connectivity index (χ2n) is 4.98. The van der Waals surface area contributed by atoms with Crippen molar-refractivity contribution >= 4 is 21.9 Å². The summed E-state index contributed by atoms with van der Waals surface area (Å²) in [5, 5.41) is 1.61. The maximum absolute atomic E-state index is 11.4. The van der Waals surface area contributed by atoms with Gasteiger partial charge in [0.2, 0.25) is 0 Å². The van der Waals surface area contributed by atoms with Crippen LogP contribution in [-0.2, 0) is 6.61 Å². The first-order valence-electron chi connectivity index (χ1n) is 6.92. The molecule has 4 heteroatoms. The molecule has 0 aliphatic heterocycles. The van der Waals surface area contributed by atoms with Crippen LogP contribution in [0, 0.1) is 0 Å². The molecule has 0 fully saturated rings. The Bertz CT molecular complexity index is 996. The van der Waals surface area contributed by atoms with Crippen LogP contribution in [0.1, 0.15) is 5.56 Å². The van der Waals surface area contributed by atoms with E-state index in [2.05, 4.69) is 0 Å². The third kappa shape index (κ3) is 2.15. The van der Waals surface area contributed by atoms with Gasteiger partial charge in [0.05, 0.1) is 17.0 Å². The number of hydrogen-bond donors (Lipinski definition) is 0. The quantitative estimate of drug-likeness (QED) is 0.533. The predicted octanol–water partition coefficient (Wildman–Crippen LogP) is 4.12. The second-order valence-corrected chi connectivity index (χ2v) is 4.98. The van der Waals surface area contributed by atoms with E-state index in [-0.39, 0.29) is 0 Å². The van der Waals surface area contributed by atoms with Crippen molar-refractivity contribution in [1.29, 1.82) is 0 Å². The van der Waals surface area contributed by atoms with E-state index in [0.717, 1.165) is 16.3 Å². The minimum Gasteiger partial charge on any atom is -0.487 e. The molecule has 0 aliphatic carbocycles. The summed E-state index contributed by atoms with van der Waals surface area (Å²) in [5.74, 6) is 0.661. The fraction of sp³-hybridized carbons (Fsp3) is 0.0556. The molecule has 0 unspecified atom stereocenters. The molecular weight excluding hydrogens is 280 g/mol. The van der Waals surface area contributed by atoms with Gasteiger partial charge in [0, 0.05) is 12.1 Å². The van der Waals surface area contributed by atoms with Gasteiger partial charge in [0.15, 0.2) is 0 Å². The molecule has 4 nitrogen and oxygen atoms in total. The van der Waals surface area contributed by atoms with E-state index in [1.807, 2.05) is 36.4 Å². The van der Waals surface area contributed by atoms with E-state index in [0.29, 0.717) is 23.5 Å². The molecule has 0 bridgehead atoms. The number of hydrogen-bond acceptors (Lipinski definition) is 4. The molecule has 0 amide bonds. The highest BCUT2D eigenvalue weighted by molar-refractivity contribution is 6.01. The number of ether oxygens (including phenoxy) is 1. The Balaban J connectivity index is 1.85. The van der Waals surface area contributed by atoms with Gasteiger partial charge in [-0.15, -0.1) is 0 Å². The molecule has 2 aromatic heterocycles. The van der Waals surface area contributed by atoms with Crippen LogP contribution in [-0.4, -0.2) is 0 Å². The van der Waals surface area contributed by atoms with Crippen molar-refractivity contribution in [2.45, 2.75) is 6.61 Å². The van der Waals surface area contributed by atoms with Crippen molar-refractivity contribution in [3.8, 4) is 5.75 Å². The molecule has 0 N–H and O–H groups in total. The Morgan fingerprint density at radius 2 is 1.73 bits per heavy atom. The van der Waals surface area contributed by atoms with Gasteiger partial charge >= 0.3 is 5.63 Å². The first-order chi connectivity index (χ1) is 10.8. The van der Waals surface area contributed by atoms with Crippen molar-refractivity contribution in [3.05, 3.63) is 76.8 Å². The summed E-state index contributed by atoms with van der Waals surface area (Å²) in [5.41, 5.74) is 1.75. The average Bonchev–Trinajstić information content (AvgIpc) is 3.00. The first-order valence-corrected chi connectivity index (χ1v) is 6.92. The molecule has 0 saturated heterocycles. The summed E-state index contributed by atoms with van der Waals surface area (Å²) in [6.07, 6.45) is 1.59. The normalized spacial score (nSPS) is 11.1. The second kappa shape index (κ2) is 5.07. The maximum atomic E-state index is 11.4. The summed E-state index contributed by atoms with van der Waals surface area (Å²) in [4.78, 5) is 11.4. The van der Waals surface area contributed by atoms with Gasteiger partial charge in [0.1, 0.15) is 23.5 Å². The highest BCUT2D eigenvalue weighted by Crippen LogP contribution is 2.35. The summed E-state index contributed by atoms with van der Waals surface area (Å²) in [6, 6.07) is 16.6. The summed E-state index contributed by atoms with van der Waals surface area (Å²) >= 11 is 0. The van der Waals surface area contributed by atoms with Crippen LogP contribution in [0.2, 0.25) is 0 Å². The van der Waals surface area contributed by atoms with Crippen LogP contribution >= 0.6 is 0 Å². The van der Waals surface area contributed by atoms with E-state index in [4.69, 9.17) is 13.6 Å². The molecule has 0 radical (unpaired) electrons. The van der Waals surface area contributed by atoms with E-state index in [1.165, 1.54) is 6.07 Å². The zero-order valence-electron chi connectivity index (χ0n) is 11.6. The van der Waals surface area contributed by atoms with Crippen LogP contribution in [0.5, 0.6) is 5.75 Å². The van der Waals surface area contributed by atoms with Crippen molar-refractivity contribution in [2.24, 2.45) is 0 Å². The largest absolute Gasteiger partial charge is 0.487 e. The van der Waals surface area contributed by atoms with E-state index in [1.54, 1.807) is 18.4 Å². The molecule has 0 aliphatic rings. The van der Waals surface area contributed by atoms with Crippen LogP contribution in [0.4, 0.5) is 0 Å². The average molecular weight is 292 g/mol. The number of fused-ring (bicyclic) bond motifs is 2. The van der Waals surface area contributed by atoms with Crippen LogP contribution in [0.25, 0.3) is 21.9 Å². The van der Waals surface area contributed by atoms with Crippen LogP contribution in [0.3, 0.4) is 0 Å². The standard InChI is InChI=1S/C18H12O4/c19-17-7-6-13-16(22-17)10-15-14(8-9-20-15)18(13)21-11-12-4-2-1-3-5-12/h1-10H,11H2. The Morgan fingerprint density at radius 1 is 0.909 bits per heavy atom. The topological polar surface area (TPSA) is 52.6 Å². The van der Waals surface area contributed by atoms with E-state index < -0.39 is 5.63 Å². The third-order valence-electron chi connectivity index (χ3n) is 3.53. The number of furan rings is 1. The molecule has 22 heavy (non-hydrogen) atoms. The Kier molecular flexibility index (Phi) is 2.93. The van der Waals surface area contributed by atoms with Crippen molar-refractivity contribution < 1.29 is 13.6 Å². The fourth-order valence-corrected chi connectivity index (χ4v) is 2.50. The van der Waals surface area contributed by atoms with Crippen molar-refractivity contribution in [3.63, 3.8) is 0 Å². The minimum atomic E-state index is -0.396. The molecule has 0 saturated carbocycles. The Morgan fingerprint density at radius 3 is 2.59 bits per heavy atom. The van der Waals surface area contributed by atoms with Crippen LogP contribution in [0.15, 0.2) is 74.5 Å². The third-order valence-corrected chi connectivity index (χ3v) is 3.53. The van der Waals surface area contributed by atoms with Crippen molar-refractivity contribution in [1.82, 2.24) is 0 Å². The molecule has 108 valence electrons. The van der Waals surface area contributed by atoms with Gasteiger partial charge in [-0.05, 0) is 17.7 Å². The molecule has 2 heterocycles. The van der Waals surface area contributed by atoms with Gasteiger partial charge in [-0.25, -0.2) is 4.79 Å². The van der Waals surface area contributed by atoms with Crippen LogP contribution < -0.4 is 10.4 Å². The smallest absolute Gasteiger partial charge is 0.336 e. The first kappa shape index (κ1) is 12.7. The predicted molar refractivity (Wildman–Crippen MR) is 83.0 cm³/mol. The zero-order chi connectivity index (χ0) is 14.9. The lowest BCUT2D eigenvalue weighted by molar-refractivity contribution is 0.313. The maximum Gasteiger partial charge on any atom is 0.336 e. The SMILES string of the molecule is O=c1ccc2c(OCc3ccccc3)c3ccoc3cc2o1. The summed E-state index contributed by atoms with van der Waals surface area (Å²) in [7, 11) is 0. The van der Waals surface area contributed by atoms with Gasteiger partial charge < -0.3 is 13.6 Å². The molecule has 2 aromatic carbocycles. The lowest BCUT2D eigenvalue weighted by atomic mass is 10.1. The van der Waals surface area contributed by atoms with Gasteiger partial charge in [-0.3, -0.25) is 0 Å². The van der Waals surface area contributed by atoms with Gasteiger partial charge in [-0.1, -0.05) is 30.3 Å². The number of benzene rings is 2. The lowest BCUT2D eigenvalue weighted by Gasteiger charge is -2.10. The fourth-order valence-electron chi connectivity index (χ4n) is 2.50. The van der Waals surface area contributed by atoms with Gasteiger partial charge in [0.25, 0.3) is 0 Å². The monoisotopic (exact) mass is 292 g/mol. The summed E-state index contributed by atoms with van der Waals surface area (Å²) < 4.78 is 16.6. The van der Waals surface area contributed by atoms with E-state index in [9.17, 15) is 4.79 Å². The zero-order valence-corrected chi connectivity index (χ0v) is 11.6.